The molecule has 3 amide bonds. The molecule has 8 nitrogen and oxygen atoms in total. The fraction of sp³-hybridized carbons (Fsp3) is 0.194. The quantitative estimate of drug-likeness (QED) is 0.263. The van der Waals surface area contributed by atoms with Gasteiger partial charge in [-0.3, -0.25) is 14.5 Å². The zero-order chi connectivity index (χ0) is 30.5. The average molecular weight is 587 g/mol. The summed E-state index contributed by atoms with van der Waals surface area (Å²) in [5, 5.41) is 3.49. The summed E-state index contributed by atoms with van der Waals surface area (Å²) in [6.07, 6.45) is -0.693. The minimum atomic E-state index is -0.693. The molecule has 1 fully saturated rings. The molecule has 222 valence electrons. The lowest BCUT2D eigenvalue weighted by Crippen LogP contribution is -2.48. The van der Waals surface area contributed by atoms with Crippen LogP contribution in [0, 0.1) is 0 Å². The van der Waals surface area contributed by atoms with Gasteiger partial charge in [0.1, 0.15) is 0 Å². The van der Waals surface area contributed by atoms with Crippen LogP contribution in [0.2, 0.25) is 0 Å². The predicted octanol–water partition coefficient (Wildman–Crippen LogP) is 6.13. The molecule has 0 radical (unpaired) electrons. The number of anilines is 2. The number of rotatable bonds is 7. The average Bonchev–Trinajstić information content (AvgIpc) is 3.36. The second-order valence-corrected chi connectivity index (χ2v) is 10.7. The van der Waals surface area contributed by atoms with E-state index in [1.807, 2.05) is 89.8 Å². The molecule has 0 bridgehead atoms. The molecule has 2 aliphatic heterocycles. The summed E-state index contributed by atoms with van der Waals surface area (Å²) < 4.78 is 5.22. The summed E-state index contributed by atoms with van der Waals surface area (Å²) in [7, 11) is 0. The molecule has 1 N–H and O–H groups in total. The van der Waals surface area contributed by atoms with Crippen molar-refractivity contribution in [2.24, 2.45) is 0 Å². The summed E-state index contributed by atoms with van der Waals surface area (Å²) in [6, 6.07) is 34.5. The third-order valence-corrected chi connectivity index (χ3v) is 7.90. The van der Waals surface area contributed by atoms with Gasteiger partial charge in [-0.1, -0.05) is 78.9 Å². The van der Waals surface area contributed by atoms with Crippen LogP contribution < -0.4 is 10.2 Å². The van der Waals surface area contributed by atoms with Gasteiger partial charge in [-0.25, -0.2) is 9.69 Å². The Bertz CT molecular complexity index is 1680. The zero-order valence-corrected chi connectivity index (χ0v) is 24.6. The first kappa shape index (κ1) is 28.9. The van der Waals surface area contributed by atoms with Gasteiger partial charge in [0.2, 0.25) is 0 Å². The van der Waals surface area contributed by atoms with E-state index in [9.17, 15) is 14.4 Å². The maximum Gasteiger partial charge on any atom is 0.421 e. The van der Waals surface area contributed by atoms with Crippen molar-refractivity contribution in [1.82, 2.24) is 9.80 Å². The van der Waals surface area contributed by atoms with Crippen molar-refractivity contribution in [3.05, 3.63) is 131 Å². The van der Waals surface area contributed by atoms with Gasteiger partial charge in [-0.05, 0) is 48.4 Å². The molecule has 0 atom stereocenters. The van der Waals surface area contributed by atoms with E-state index in [2.05, 4.69) is 22.3 Å². The highest BCUT2D eigenvalue weighted by Crippen LogP contribution is 2.41. The van der Waals surface area contributed by atoms with Crippen LogP contribution in [0.1, 0.15) is 34.0 Å². The number of carbonyl (C=O) groups excluding carboxylic acids is 3. The second-order valence-electron chi connectivity index (χ2n) is 10.7. The Morgan fingerprint density at radius 2 is 1.36 bits per heavy atom. The minimum absolute atomic E-state index is 0.0813. The number of imide groups is 1. The van der Waals surface area contributed by atoms with E-state index in [-0.39, 0.29) is 12.5 Å². The van der Waals surface area contributed by atoms with Crippen LogP contribution in [0.5, 0.6) is 0 Å². The number of fused-ring (bicyclic) bond motifs is 1. The van der Waals surface area contributed by atoms with E-state index in [4.69, 9.17) is 4.74 Å². The van der Waals surface area contributed by atoms with Gasteiger partial charge >= 0.3 is 6.09 Å². The lowest BCUT2D eigenvalue weighted by atomic mass is 10.00. The maximum atomic E-state index is 13.8. The molecule has 4 aromatic rings. The number of para-hydroxylation sites is 1. The van der Waals surface area contributed by atoms with E-state index in [1.165, 1.54) is 0 Å². The van der Waals surface area contributed by atoms with Crippen LogP contribution in [-0.2, 0) is 16.1 Å². The zero-order valence-electron chi connectivity index (χ0n) is 24.6. The van der Waals surface area contributed by atoms with Gasteiger partial charge in [0.05, 0.1) is 23.6 Å². The molecule has 8 heteroatoms. The Hall–Kier alpha value is -5.21. The fourth-order valence-corrected chi connectivity index (χ4v) is 5.68. The van der Waals surface area contributed by atoms with Crippen molar-refractivity contribution in [3.8, 4) is 0 Å². The Balaban J connectivity index is 1.20. The molecule has 6 rings (SSSR count). The van der Waals surface area contributed by atoms with E-state index in [0.29, 0.717) is 35.6 Å². The molecule has 2 heterocycles. The van der Waals surface area contributed by atoms with Crippen molar-refractivity contribution < 1.29 is 19.1 Å². The first-order chi connectivity index (χ1) is 21.5. The number of benzene rings is 4. The smallest absolute Gasteiger partial charge is 0.421 e. The number of hydrogen-bond acceptors (Lipinski definition) is 6. The van der Waals surface area contributed by atoms with Crippen molar-refractivity contribution in [1.29, 1.82) is 0 Å². The van der Waals surface area contributed by atoms with E-state index in [0.717, 1.165) is 46.9 Å². The maximum absolute atomic E-state index is 13.8. The molecule has 0 unspecified atom stereocenters. The summed E-state index contributed by atoms with van der Waals surface area (Å²) in [5.74, 6) is -0.352. The standard InChI is InChI=1S/C36H34N4O4/c1-2-44-36(43)40-31-16-10-9-15-30(31)32(35(40)42)33(27-11-5-3-6-12-27)37-29-19-17-26(18-20-29)25-38-21-23-39(24-22-38)34(41)28-13-7-4-8-14-28/h3-20,37H,2,21-25H2,1H3/b33-32-. The lowest BCUT2D eigenvalue weighted by molar-refractivity contribution is -0.112. The highest BCUT2D eigenvalue weighted by atomic mass is 16.6. The Morgan fingerprint density at radius 3 is 2.02 bits per heavy atom. The largest absolute Gasteiger partial charge is 0.449 e. The third kappa shape index (κ3) is 5.98. The Kier molecular flexibility index (Phi) is 8.52. The Labute approximate surface area is 257 Å². The highest BCUT2D eigenvalue weighted by molar-refractivity contribution is 6.43. The van der Waals surface area contributed by atoms with Gasteiger partial charge in [-0.15, -0.1) is 0 Å². The minimum Gasteiger partial charge on any atom is -0.449 e. The number of ether oxygens (including phenoxy) is 1. The summed E-state index contributed by atoms with van der Waals surface area (Å²) in [6.45, 7) is 5.67. The van der Waals surface area contributed by atoms with Crippen LogP contribution >= 0.6 is 0 Å². The normalized spacial score (nSPS) is 16.0. The molecule has 0 aromatic heterocycles. The van der Waals surface area contributed by atoms with E-state index >= 15 is 0 Å². The monoisotopic (exact) mass is 586 g/mol. The van der Waals surface area contributed by atoms with Gasteiger partial charge in [0.25, 0.3) is 11.8 Å². The first-order valence-electron chi connectivity index (χ1n) is 14.9. The molecule has 2 aliphatic rings. The van der Waals surface area contributed by atoms with Crippen molar-refractivity contribution in [2.75, 3.05) is 43.0 Å². The summed E-state index contributed by atoms with van der Waals surface area (Å²) >= 11 is 0. The molecule has 0 spiro atoms. The van der Waals surface area contributed by atoms with Gasteiger partial charge < -0.3 is 15.0 Å². The summed E-state index contributed by atoms with van der Waals surface area (Å²) in [5.41, 5.74) is 5.71. The lowest BCUT2D eigenvalue weighted by Gasteiger charge is -2.34. The van der Waals surface area contributed by atoms with Crippen LogP contribution in [0.4, 0.5) is 16.2 Å². The van der Waals surface area contributed by atoms with Crippen LogP contribution in [0.15, 0.2) is 109 Å². The number of amides is 3. The molecule has 44 heavy (non-hydrogen) atoms. The third-order valence-electron chi connectivity index (χ3n) is 7.90. The Morgan fingerprint density at radius 1 is 0.750 bits per heavy atom. The van der Waals surface area contributed by atoms with Gasteiger partial charge in [0.15, 0.2) is 0 Å². The van der Waals surface area contributed by atoms with Crippen LogP contribution in [0.25, 0.3) is 11.3 Å². The fourth-order valence-electron chi connectivity index (χ4n) is 5.68. The SMILES string of the molecule is CCOC(=O)N1C(=O)/C(=C(\Nc2ccc(CN3CCN(C(=O)c4ccccc4)CC3)cc2)c2ccccc2)c2ccccc21. The molecular weight excluding hydrogens is 552 g/mol. The number of carbonyl (C=O) groups is 3. The first-order valence-corrected chi connectivity index (χ1v) is 14.9. The van der Waals surface area contributed by atoms with Crippen LogP contribution in [-0.4, -0.2) is 60.5 Å². The van der Waals surface area contributed by atoms with Crippen molar-refractivity contribution >= 4 is 40.6 Å². The second kappa shape index (κ2) is 13.0. The topological polar surface area (TPSA) is 82.2 Å². The van der Waals surface area contributed by atoms with E-state index in [1.54, 1.807) is 19.1 Å². The molecule has 4 aromatic carbocycles. The van der Waals surface area contributed by atoms with Crippen molar-refractivity contribution in [2.45, 2.75) is 13.5 Å². The molecular formula is C36H34N4O4. The number of hydrogen-bond donors (Lipinski definition) is 1. The van der Waals surface area contributed by atoms with Gasteiger partial charge in [0, 0.05) is 49.5 Å². The number of piperazine rings is 1. The number of nitrogens with one attached hydrogen (secondary N) is 1. The number of nitrogens with zero attached hydrogens (tertiary/aromatic N) is 3. The van der Waals surface area contributed by atoms with Crippen LogP contribution in [0.3, 0.4) is 0 Å². The van der Waals surface area contributed by atoms with Crippen molar-refractivity contribution in [3.63, 3.8) is 0 Å². The predicted molar refractivity (Wildman–Crippen MR) is 172 cm³/mol. The summed E-state index contributed by atoms with van der Waals surface area (Å²) in [4.78, 5) is 44.8. The molecule has 0 saturated carbocycles. The van der Waals surface area contributed by atoms with E-state index < -0.39 is 12.0 Å². The molecule has 1 saturated heterocycles. The van der Waals surface area contributed by atoms with Gasteiger partial charge in [-0.2, -0.15) is 0 Å². The molecule has 0 aliphatic carbocycles. The highest BCUT2D eigenvalue weighted by Gasteiger charge is 2.39.